The van der Waals surface area contributed by atoms with Crippen molar-refractivity contribution in [1.82, 2.24) is 5.32 Å². The van der Waals surface area contributed by atoms with E-state index in [1.807, 2.05) is 0 Å². The number of amides is 1. The minimum absolute atomic E-state index is 0.00337. The van der Waals surface area contributed by atoms with E-state index in [2.05, 4.69) is 141 Å². The van der Waals surface area contributed by atoms with Gasteiger partial charge in [0.05, 0.1) is 18.8 Å². The van der Waals surface area contributed by atoms with E-state index in [1.165, 1.54) is 0 Å². The Kier molecular flexibility index (Phi) is 11.4. The van der Waals surface area contributed by atoms with Gasteiger partial charge in [0.15, 0.2) is 39.4 Å². The van der Waals surface area contributed by atoms with Crippen LogP contribution >= 0.6 is 0 Å². The lowest BCUT2D eigenvalue weighted by molar-refractivity contribution is -0.149. The van der Waals surface area contributed by atoms with Crippen molar-refractivity contribution in [2.45, 2.75) is 180 Å². The Morgan fingerprint density at radius 1 is 0.550 bits per heavy atom. The molecular weight excluding hydrogens is 567 g/mol. The molecule has 40 heavy (non-hydrogen) atoms. The summed E-state index contributed by atoms with van der Waals surface area (Å²) in [4.78, 5) is 14.0. The first-order valence-electron chi connectivity index (χ1n) is 15.3. The highest BCUT2D eigenvalue weighted by Gasteiger charge is 2.56. The molecule has 0 aromatic carbocycles. The van der Waals surface area contributed by atoms with Gasteiger partial charge in [0.25, 0.3) is 5.91 Å². The zero-order valence-corrected chi connectivity index (χ0v) is 34.1. The fourth-order valence-corrected chi connectivity index (χ4v) is 8.36. The largest absolute Gasteiger partial charge is 0.415 e. The fraction of sp³-hybridized carbons (Fsp3) is 0.967. The van der Waals surface area contributed by atoms with E-state index in [-0.39, 0.29) is 38.2 Å². The number of piperidine rings is 1. The summed E-state index contributed by atoms with van der Waals surface area (Å²) in [6.45, 7) is 45.3. The number of carbonyl (C=O) groups is 1. The second kappa shape index (κ2) is 11.9. The lowest BCUT2D eigenvalue weighted by atomic mass is 9.96. The first-order chi connectivity index (χ1) is 17.3. The van der Waals surface area contributed by atoms with Crippen molar-refractivity contribution in [3.63, 3.8) is 0 Å². The van der Waals surface area contributed by atoms with Gasteiger partial charge in [0, 0.05) is 0 Å². The van der Waals surface area contributed by atoms with Crippen molar-refractivity contribution in [3.05, 3.63) is 0 Å². The summed E-state index contributed by atoms with van der Waals surface area (Å²) in [5.41, 5.74) is 0. The number of hydrogen-bond acceptors (Lipinski definition) is 5. The summed E-state index contributed by atoms with van der Waals surface area (Å²) in [5.74, 6) is -0.104. The van der Waals surface area contributed by atoms with Gasteiger partial charge in [-0.25, -0.2) is 0 Å². The Bertz CT molecular complexity index is 876. The Morgan fingerprint density at radius 2 is 0.875 bits per heavy atom. The molecule has 1 amide bonds. The molecule has 0 aliphatic carbocycles. The molecule has 0 unspecified atom stereocenters. The maximum absolute atomic E-state index is 14.0. The number of rotatable bonds is 9. The Morgan fingerprint density at radius 3 is 1.23 bits per heavy atom. The number of carbonyl (C=O) groups excluding carboxylic acids is 1. The summed E-state index contributed by atoms with van der Waals surface area (Å²) in [7, 11) is -8.95. The second-order valence-electron chi connectivity index (χ2n) is 18.2. The van der Waals surface area contributed by atoms with Crippen molar-refractivity contribution in [1.29, 1.82) is 0 Å². The third-order valence-electron chi connectivity index (χ3n) is 10.7. The molecule has 1 aliphatic heterocycles. The molecule has 0 radical (unpaired) electrons. The lowest BCUT2D eigenvalue weighted by Gasteiger charge is -2.52. The van der Waals surface area contributed by atoms with Crippen LogP contribution in [-0.2, 0) is 22.5 Å². The van der Waals surface area contributed by atoms with Crippen LogP contribution in [0.2, 0.25) is 72.5 Å². The van der Waals surface area contributed by atoms with Gasteiger partial charge < -0.3 is 23.0 Å². The molecule has 1 rings (SSSR count). The van der Waals surface area contributed by atoms with E-state index < -0.39 is 45.5 Å². The summed E-state index contributed by atoms with van der Waals surface area (Å²) in [6.07, 6.45) is -1.60. The van der Waals surface area contributed by atoms with Crippen LogP contribution in [0, 0.1) is 0 Å². The zero-order valence-electron chi connectivity index (χ0n) is 30.1. The molecule has 1 N–H and O–H groups in total. The molecule has 0 aromatic heterocycles. The fourth-order valence-electron chi connectivity index (χ4n) is 3.48. The molecule has 238 valence electrons. The van der Waals surface area contributed by atoms with Gasteiger partial charge in [0.1, 0.15) is 6.10 Å². The van der Waals surface area contributed by atoms with Crippen LogP contribution in [0.25, 0.3) is 0 Å². The molecule has 4 atom stereocenters. The summed E-state index contributed by atoms with van der Waals surface area (Å²) < 4.78 is 28.1. The van der Waals surface area contributed by atoms with Crippen LogP contribution in [0.5, 0.6) is 0 Å². The van der Waals surface area contributed by atoms with Gasteiger partial charge in [0.2, 0.25) is 0 Å². The average Bonchev–Trinajstić information content (AvgIpc) is 2.67. The van der Waals surface area contributed by atoms with E-state index >= 15 is 0 Å². The first kappa shape index (κ1) is 38.2. The van der Waals surface area contributed by atoms with E-state index in [4.69, 9.17) is 17.7 Å². The third-order valence-corrected chi connectivity index (χ3v) is 28.6. The minimum Gasteiger partial charge on any atom is -0.415 e. The molecule has 1 heterocycles. The predicted octanol–water partition coefficient (Wildman–Crippen LogP) is 8.68. The van der Waals surface area contributed by atoms with Crippen LogP contribution in [0.1, 0.15) is 83.1 Å². The topological polar surface area (TPSA) is 66.0 Å². The molecule has 1 fully saturated rings. The van der Waals surface area contributed by atoms with Gasteiger partial charge in [-0.2, -0.15) is 0 Å². The maximum atomic E-state index is 14.0. The Labute approximate surface area is 252 Å². The smallest absolute Gasteiger partial charge is 0.251 e. The minimum atomic E-state index is -2.31. The monoisotopic (exact) mass is 633 g/mol. The Hall–Kier alpha value is 0.178. The van der Waals surface area contributed by atoms with Crippen LogP contribution in [0.15, 0.2) is 0 Å². The molecule has 6 nitrogen and oxygen atoms in total. The number of hydrogen-bond donors (Lipinski definition) is 1. The standard InChI is InChI=1S/C30H67NO5Si4/c1-27(2,3)37(13,14)33-21-22-23(34-38(15,16)28(4,5)6)24(35-39(17,18)29(7,8)9)25(26(32)31-22)36-40(19,20)30(10,11)12/h22-25H,21H2,1-20H3,(H,31,32)/t22-,23+,24-,25+/m0/s1. The van der Waals surface area contributed by atoms with Crippen LogP contribution in [-0.4, -0.2) is 70.1 Å². The highest BCUT2D eigenvalue weighted by molar-refractivity contribution is 6.75. The van der Waals surface area contributed by atoms with E-state index in [0.29, 0.717) is 6.61 Å². The van der Waals surface area contributed by atoms with Crippen LogP contribution < -0.4 is 5.32 Å². The lowest BCUT2D eigenvalue weighted by Crippen LogP contribution is -2.71. The van der Waals surface area contributed by atoms with Crippen molar-refractivity contribution >= 4 is 39.2 Å². The average molecular weight is 634 g/mol. The normalized spacial score (nSPS) is 24.8. The number of nitrogens with one attached hydrogen (secondary N) is 1. The molecule has 0 bridgehead atoms. The van der Waals surface area contributed by atoms with Crippen molar-refractivity contribution in [2.75, 3.05) is 6.61 Å². The zero-order chi connectivity index (χ0) is 32.1. The summed E-state index contributed by atoms with van der Waals surface area (Å²) >= 11 is 0. The van der Waals surface area contributed by atoms with Crippen molar-refractivity contribution < 1.29 is 22.5 Å². The van der Waals surface area contributed by atoms with E-state index in [1.54, 1.807) is 0 Å². The maximum Gasteiger partial charge on any atom is 0.251 e. The van der Waals surface area contributed by atoms with E-state index in [0.717, 1.165) is 0 Å². The van der Waals surface area contributed by atoms with Crippen LogP contribution in [0.4, 0.5) is 0 Å². The van der Waals surface area contributed by atoms with Gasteiger partial charge in [-0.3, -0.25) is 4.79 Å². The highest BCUT2D eigenvalue weighted by Crippen LogP contribution is 2.45. The second-order valence-corrected chi connectivity index (χ2v) is 37.2. The molecule has 1 saturated heterocycles. The van der Waals surface area contributed by atoms with Gasteiger partial charge in [-0.05, 0) is 72.5 Å². The molecule has 0 saturated carbocycles. The molecular formula is C30H67NO5Si4. The van der Waals surface area contributed by atoms with E-state index in [9.17, 15) is 4.79 Å². The molecule has 1 aliphatic rings. The van der Waals surface area contributed by atoms with Gasteiger partial charge >= 0.3 is 0 Å². The third kappa shape index (κ3) is 8.86. The van der Waals surface area contributed by atoms with Gasteiger partial charge in [-0.1, -0.05) is 83.1 Å². The van der Waals surface area contributed by atoms with Crippen LogP contribution in [0.3, 0.4) is 0 Å². The quantitative estimate of drug-likeness (QED) is 0.257. The molecule has 0 spiro atoms. The first-order valence-corrected chi connectivity index (χ1v) is 26.9. The highest BCUT2D eigenvalue weighted by atomic mass is 28.4. The van der Waals surface area contributed by atoms with Crippen molar-refractivity contribution in [2.24, 2.45) is 0 Å². The van der Waals surface area contributed by atoms with Gasteiger partial charge in [-0.15, -0.1) is 0 Å². The SMILES string of the molecule is CC(C)(C)[Si](C)(C)OC[C@@H]1NC(=O)[C@H](O[Si](C)(C)C(C)(C)C)[C@@H](O[Si](C)(C)C(C)(C)C)[C@@H]1O[Si](C)(C)C(C)(C)C. The Balaban J connectivity index is 3.77. The van der Waals surface area contributed by atoms with Crippen molar-refractivity contribution in [3.8, 4) is 0 Å². The molecule has 0 aromatic rings. The summed E-state index contributed by atoms with van der Waals surface area (Å²) in [6, 6.07) is -0.315. The molecule has 10 heteroatoms. The summed E-state index contributed by atoms with van der Waals surface area (Å²) in [5, 5.41) is 3.31. The predicted molar refractivity (Wildman–Crippen MR) is 181 cm³/mol.